The second kappa shape index (κ2) is 19.1. The molecule has 3 saturated heterocycles. The van der Waals surface area contributed by atoms with Gasteiger partial charge in [-0.25, -0.2) is 9.00 Å². The van der Waals surface area contributed by atoms with Crippen LogP contribution in [0.25, 0.3) is 0 Å². The summed E-state index contributed by atoms with van der Waals surface area (Å²) in [4.78, 5) is 37.8. The van der Waals surface area contributed by atoms with Crippen molar-refractivity contribution in [2.24, 2.45) is 16.8 Å². The van der Waals surface area contributed by atoms with E-state index >= 15 is 0 Å². The standard InChI is InChI=1S/C43H69BrN4O10S2/c1-23-13-16-32(49)43(7,58-37-18-15-30(48(10)11)26(4)55-37)33(50)21-35-46-42(6,40(53-12)60(35)52)39-45-28(22-59-39)38(51)57-34-20-31(27(19-23)24(2)41(34,5)44)56-36-17-14-29(47(8)9)25(3)54-36/h19,21,24-32,34,36-37,40,46,49H,13-18,20,22H2,1-12H3/t24-,25-,26-,27-,28+,29+,30+,31-,32-,34-,36+,37+,40+,41+,42+,43-,60?/m1/s1. The molecule has 6 aliphatic heterocycles. The number of aliphatic hydroxyl groups is 1. The van der Waals surface area contributed by atoms with Gasteiger partial charge >= 0.3 is 5.97 Å². The lowest BCUT2D eigenvalue weighted by atomic mass is 9.69. The Morgan fingerprint density at radius 1 is 0.983 bits per heavy atom. The van der Waals surface area contributed by atoms with E-state index in [9.17, 15) is 18.9 Å². The fraction of sp³-hybridized carbons (Fsp3) is 0.837. The van der Waals surface area contributed by atoms with Gasteiger partial charge in [0.05, 0.1) is 33.8 Å². The van der Waals surface area contributed by atoms with E-state index in [-0.39, 0.29) is 53.7 Å². The van der Waals surface area contributed by atoms with E-state index in [0.717, 1.165) is 24.8 Å². The highest BCUT2D eigenvalue weighted by Gasteiger charge is 2.56. The molecule has 0 amide bonds. The number of aliphatic imine (C=N–C) groups is 1. The minimum Gasteiger partial charge on any atom is -0.459 e. The highest BCUT2D eigenvalue weighted by molar-refractivity contribution is 9.10. The summed E-state index contributed by atoms with van der Waals surface area (Å²) in [6, 6.07) is -0.357. The van der Waals surface area contributed by atoms with Crippen LogP contribution >= 0.6 is 27.7 Å². The minimum absolute atomic E-state index is 0.0287. The van der Waals surface area contributed by atoms with E-state index in [0.29, 0.717) is 30.1 Å². The fourth-order valence-corrected chi connectivity index (χ4v) is 13.3. The van der Waals surface area contributed by atoms with E-state index in [1.807, 2.05) is 34.9 Å². The lowest BCUT2D eigenvalue weighted by Gasteiger charge is -2.50. The molecule has 7 aliphatic rings. The number of halogens is 1. The molecule has 340 valence electrons. The Bertz CT molecular complexity index is 1710. The van der Waals surface area contributed by atoms with Gasteiger partial charge in [0.2, 0.25) is 0 Å². The summed E-state index contributed by atoms with van der Waals surface area (Å²) in [6.07, 6.45) is 4.01. The topological polar surface area (TPSA) is 158 Å². The van der Waals surface area contributed by atoms with Crippen molar-refractivity contribution in [2.75, 3.05) is 41.1 Å². The Morgan fingerprint density at radius 2 is 1.60 bits per heavy atom. The molecule has 60 heavy (non-hydrogen) atoms. The quantitative estimate of drug-likeness (QED) is 0.202. The highest BCUT2D eigenvalue weighted by Crippen LogP contribution is 2.48. The SMILES string of the molecule is CO[C@H]1S(=O)C2=CC(=O)[C@](C)(O[C@H]3CC[C@H](N(C)C)[C@@H](C)O3)[C@H](O)CCC(C)=C[C@@H]3[C@@H](C)[C@](C)(Br)[C@@H](C[C@H]3O[C@H]3CC[C@H](N(C)C)[C@@H](C)O3)OC(=O)[C@@H]3CSC(=N3)[C@]1(C)N2. The van der Waals surface area contributed by atoms with Crippen LogP contribution in [0, 0.1) is 11.8 Å². The van der Waals surface area contributed by atoms with E-state index in [4.69, 9.17) is 33.4 Å². The maximum absolute atomic E-state index is 14.6. The van der Waals surface area contributed by atoms with Crippen LogP contribution in [0.5, 0.6) is 0 Å². The number of fused-ring (bicyclic) bond motifs is 9. The Hall–Kier alpha value is -1.25. The number of esters is 1. The molecule has 17 heteroatoms. The van der Waals surface area contributed by atoms with Gasteiger partial charge < -0.3 is 48.6 Å². The summed E-state index contributed by atoms with van der Waals surface area (Å²) in [6.45, 7) is 13.7. The first-order chi connectivity index (χ1) is 28.1. The van der Waals surface area contributed by atoms with E-state index < -0.39 is 74.3 Å². The molecule has 2 N–H and O–H groups in total. The van der Waals surface area contributed by atoms with Crippen LogP contribution in [0.15, 0.2) is 27.7 Å². The number of nitrogens with zero attached hydrogens (tertiary/aromatic N) is 3. The third kappa shape index (κ3) is 9.71. The number of ether oxygens (including phenoxy) is 6. The largest absolute Gasteiger partial charge is 0.459 e. The van der Waals surface area contributed by atoms with Crippen molar-refractivity contribution in [1.29, 1.82) is 0 Å². The molecule has 1 aliphatic carbocycles. The predicted octanol–water partition coefficient (Wildman–Crippen LogP) is 4.89. The van der Waals surface area contributed by atoms with Crippen molar-refractivity contribution >= 4 is 55.3 Å². The Balaban J connectivity index is 1.37. The second-order valence-electron chi connectivity index (χ2n) is 18.7. The average molecular weight is 946 g/mol. The zero-order valence-corrected chi connectivity index (χ0v) is 40.7. The number of carbonyl (C=O) groups excluding carboxylic acids is 2. The zero-order valence-electron chi connectivity index (χ0n) is 37.5. The lowest BCUT2D eigenvalue weighted by Crippen LogP contribution is -2.56. The first-order valence-electron chi connectivity index (χ1n) is 21.5. The number of rotatable bonds is 7. The number of carbonyl (C=O) groups is 2. The summed E-state index contributed by atoms with van der Waals surface area (Å²) in [7, 11) is 7.78. The summed E-state index contributed by atoms with van der Waals surface area (Å²) < 4.78 is 51.9. The van der Waals surface area contributed by atoms with Crippen molar-refractivity contribution in [3.63, 3.8) is 0 Å². The van der Waals surface area contributed by atoms with Crippen LogP contribution in [0.2, 0.25) is 0 Å². The van der Waals surface area contributed by atoms with E-state index in [1.165, 1.54) is 24.9 Å². The van der Waals surface area contributed by atoms with Crippen LogP contribution in [-0.4, -0.2) is 159 Å². The third-order valence-corrected chi connectivity index (χ3v) is 18.2. The average Bonchev–Trinajstić information content (AvgIpc) is 3.77. The van der Waals surface area contributed by atoms with Crippen molar-refractivity contribution in [2.45, 2.75) is 176 Å². The van der Waals surface area contributed by atoms with Gasteiger partial charge in [0.15, 0.2) is 35.4 Å². The molecule has 17 atom stereocenters. The van der Waals surface area contributed by atoms with E-state index in [1.54, 1.807) is 6.92 Å². The van der Waals surface area contributed by atoms with Gasteiger partial charge in [-0.2, -0.15) is 0 Å². The Morgan fingerprint density at radius 3 is 2.20 bits per heavy atom. The molecule has 7 rings (SSSR count). The first-order valence-corrected chi connectivity index (χ1v) is 24.5. The van der Waals surface area contributed by atoms with Crippen LogP contribution in [0.4, 0.5) is 0 Å². The van der Waals surface area contributed by atoms with Gasteiger partial charge in [-0.15, -0.1) is 11.8 Å². The van der Waals surface area contributed by atoms with Gasteiger partial charge in [-0.3, -0.25) is 9.79 Å². The normalized spacial score (nSPS) is 45.8. The molecule has 0 radical (unpaired) electrons. The lowest BCUT2D eigenvalue weighted by molar-refractivity contribution is -0.260. The number of hydrogen-bond acceptors (Lipinski definition) is 15. The Kier molecular flexibility index (Phi) is 15.3. The first kappa shape index (κ1) is 48.2. The van der Waals surface area contributed by atoms with Crippen LogP contribution < -0.4 is 5.32 Å². The molecule has 0 aromatic rings. The molecule has 0 spiro atoms. The summed E-state index contributed by atoms with van der Waals surface area (Å²) in [5.41, 5.74) is -2.81. The second-order valence-corrected chi connectivity index (χ2v) is 22.9. The zero-order chi connectivity index (χ0) is 44.1. The van der Waals surface area contributed by atoms with Crippen molar-refractivity contribution in [3.8, 4) is 0 Å². The molecule has 6 heterocycles. The number of alkyl halides is 1. The summed E-state index contributed by atoms with van der Waals surface area (Å²) >= 11 is 5.40. The molecule has 14 nitrogen and oxygen atoms in total. The van der Waals surface area contributed by atoms with Crippen molar-refractivity contribution < 1.29 is 47.3 Å². The van der Waals surface area contributed by atoms with Gasteiger partial charge in [-0.05, 0) is 108 Å². The molecular formula is C43H69BrN4O10S2. The number of thioether (sulfide) groups is 1. The van der Waals surface area contributed by atoms with Crippen LogP contribution in [0.3, 0.4) is 0 Å². The van der Waals surface area contributed by atoms with Crippen LogP contribution in [0.1, 0.15) is 93.4 Å². The predicted molar refractivity (Wildman–Crippen MR) is 237 cm³/mol. The smallest absolute Gasteiger partial charge is 0.332 e. The minimum atomic E-state index is -1.84. The van der Waals surface area contributed by atoms with Gasteiger partial charge in [0, 0.05) is 49.8 Å². The van der Waals surface area contributed by atoms with Crippen molar-refractivity contribution in [3.05, 3.63) is 22.8 Å². The number of likely N-dealkylation sites (N-methyl/N-ethyl adjacent to an activating group) is 2. The van der Waals surface area contributed by atoms with Gasteiger partial charge in [-0.1, -0.05) is 34.5 Å². The number of aliphatic hydroxyl groups excluding tert-OH is 1. The summed E-state index contributed by atoms with van der Waals surface area (Å²) in [5.74, 6) is -0.853. The molecule has 0 aromatic carbocycles. The Labute approximate surface area is 372 Å². The fourth-order valence-electron chi connectivity index (χ4n) is 9.92. The van der Waals surface area contributed by atoms with Crippen LogP contribution in [-0.2, 0) is 48.8 Å². The molecule has 6 bridgehead atoms. The van der Waals surface area contributed by atoms with Gasteiger partial charge in [0.1, 0.15) is 27.5 Å². The van der Waals surface area contributed by atoms with Crippen molar-refractivity contribution in [1.82, 2.24) is 15.1 Å². The maximum Gasteiger partial charge on any atom is 0.332 e. The number of hydrogen-bond donors (Lipinski definition) is 2. The number of nitrogens with one attached hydrogen (secondary N) is 1. The number of methoxy groups -OCH3 is 1. The molecule has 1 unspecified atom stereocenters. The maximum atomic E-state index is 14.6. The molecule has 1 saturated carbocycles. The third-order valence-electron chi connectivity index (χ3n) is 14.0. The van der Waals surface area contributed by atoms with E-state index in [2.05, 4.69) is 72.0 Å². The molecular weight excluding hydrogens is 877 g/mol. The highest BCUT2D eigenvalue weighted by atomic mass is 79.9. The summed E-state index contributed by atoms with van der Waals surface area (Å²) in [5, 5.41) is 16.1. The number of ketones is 1. The molecule has 0 aromatic heterocycles. The van der Waals surface area contributed by atoms with Gasteiger partial charge in [0.25, 0.3) is 0 Å². The molecule has 4 fully saturated rings. The number of allylic oxidation sites excluding steroid dienone is 1. The monoisotopic (exact) mass is 944 g/mol.